The lowest BCUT2D eigenvalue weighted by molar-refractivity contribution is 0.0115. The first kappa shape index (κ1) is 16.6. The first-order valence-corrected chi connectivity index (χ1v) is 8.58. The van der Waals surface area contributed by atoms with Gasteiger partial charge in [0.05, 0.1) is 29.2 Å². The van der Waals surface area contributed by atoms with E-state index in [0.717, 1.165) is 22.3 Å². The lowest BCUT2D eigenvalue weighted by Gasteiger charge is -2.18. The highest BCUT2D eigenvalue weighted by Gasteiger charge is 2.34. The molecular formula is C20H19FN4O. The number of nitrogens with one attached hydrogen (secondary N) is 1. The molecule has 132 valence electrons. The standard InChI is InChI=1S/C20H19FN4O/c1-13-2-7-17-18(8-13)24-20(23-17)12-26-19-11-25(10-16(19)21)15-5-3-14(9-22)4-6-15/h2-8,16,19H,10-12H2,1H3,(H,23,24)/t16-,19+/m1/s1. The van der Waals surface area contributed by atoms with Gasteiger partial charge in [-0.3, -0.25) is 0 Å². The van der Waals surface area contributed by atoms with Crippen LogP contribution >= 0.6 is 0 Å². The molecule has 0 spiro atoms. The van der Waals surface area contributed by atoms with E-state index >= 15 is 0 Å². The lowest BCUT2D eigenvalue weighted by Crippen LogP contribution is -2.24. The summed E-state index contributed by atoms with van der Waals surface area (Å²) in [5, 5.41) is 8.87. The number of halogens is 1. The molecule has 0 bridgehead atoms. The van der Waals surface area contributed by atoms with Gasteiger partial charge in [-0.15, -0.1) is 0 Å². The van der Waals surface area contributed by atoms with Gasteiger partial charge in [-0.2, -0.15) is 5.26 Å². The molecule has 2 atom stereocenters. The number of rotatable bonds is 4. The van der Waals surface area contributed by atoms with Crippen LogP contribution in [0.25, 0.3) is 11.0 Å². The largest absolute Gasteiger partial charge is 0.366 e. The fraction of sp³-hybridized carbons (Fsp3) is 0.300. The van der Waals surface area contributed by atoms with Crippen LogP contribution in [0.1, 0.15) is 17.0 Å². The Morgan fingerprint density at radius 2 is 2.08 bits per heavy atom. The fourth-order valence-corrected chi connectivity index (χ4v) is 3.28. The minimum atomic E-state index is -1.06. The minimum Gasteiger partial charge on any atom is -0.366 e. The van der Waals surface area contributed by atoms with Crippen molar-refractivity contribution in [1.82, 2.24) is 9.97 Å². The number of hydrogen-bond donors (Lipinski definition) is 1. The molecule has 3 aromatic rings. The number of benzene rings is 2. The molecule has 5 nitrogen and oxygen atoms in total. The number of aromatic amines is 1. The molecule has 1 fully saturated rings. The van der Waals surface area contributed by atoms with E-state index in [1.54, 1.807) is 12.1 Å². The second-order valence-corrected chi connectivity index (χ2v) is 6.63. The van der Waals surface area contributed by atoms with Crippen molar-refractivity contribution in [3.05, 3.63) is 59.4 Å². The number of nitriles is 1. The molecule has 1 aliphatic rings. The van der Waals surface area contributed by atoms with Crippen molar-refractivity contribution >= 4 is 16.7 Å². The lowest BCUT2D eigenvalue weighted by atomic mass is 10.2. The Morgan fingerprint density at radius 3 is 2.85 bits per heavy atom. The molecule has 0 amide bonds. The highest BCUT2D eigenvalue weighted by atomic mass is 19.1. The number of ether oxygens (including phenoxy) is 1. The van der Waals surface area contributed by atoms with E-state index < -0.39 is 12.3 Å². The molecule has 1 saturated heterocycles. The Morgan fingerprint density at radius 1 is 1.27 bits per heavy atom. The number of hydrogen-bond acceptors (Lipinski definition) is 4. The van der Waals surface area contributed by atoms with Gasteiger partial charge in [0.1, 0.15) is 24.7 Å². The molecular weight excluding hydrogens is 331 g/mol. The maximum absolute atomic E-state index is 14.4. The molecule has 2 heterocycles. The van der Waals surface area contributed by atoms with Gasteiger partial charge in [-0.1, -0.05) is 6.07 Å². The summed E-state index contributed by atoms with van der Waals surface area (Å²) in [5.41, 5.74) is 4.50. The monoisotopic (exact) mass is 350 g/mol. The molecule has 2 aromatic carbocycles. The van der Waals surface area contributed by atoms with Crippen molar-refractivity contribution in [3.63, 3.8) is 0 Å². The molecule has 0 radical (unpaired) electrons. The van der Waals surface area contributed by atoms with E-state index in [2.05, 4.69) is 16.0 Å². The predicted octanol–water partition coefficient (Wildman–Crippen LogP) is 3.49. The van der Waals surface area contributed by atoms with E-state index in [0.29, 0.717) is 17.9 Å². The van der Waals surface area contributed by atoms with Gasteiger partial charge < -0.3 is 14.6 Å². The van der Waals surface area contributed by atoms with Crippen LogP contribution in [-0.2, 0) is 11.3 Å². The molecule has 6 heteroatoms. The van der Waals surface area contributed by atoms with E-state index in [1.165, 1.54) is 0 Å². The Kier molecular flexibility index (Phi) is 4.31. The van der Waals surface area contributed by atoms with Crippen molar-refractivity contribution in [1.29, 1.82) is 5.26 Å². The predicted molar refractivity (Wildman–Crippen MR) is 97.7 cm³/mol. The summed E-state index contributed by atoms with van der Waals surface area (Å²) in [5.74, 6) is 0.703. The fourth-order valence-electron chi connectivity index (χ4n) is 3.28. The van der Waals surface area contributed by atoms with Crippen LogP contribution in [0.5, 0.6) is 0 Å². The second kappa shape index (κ2) is 6.77. The smallest absolute Gasteiger partial charge is 0.145 e. The number of aryl methyl sites for hydroxylation is 1. The Balaban J connectivity index is 1.40. The van der Waals surface area contributed by atoms with Gasteiger partial charge in [0.25, 0.3) is 0 Å². The zero-order valence-electron chi connectivity index (χ0n) is 14.4. The first-order valence-electron chi connectivity index (χ1n) is 8.58. The van der Waals surface area contributed by atoms with Crippen LogP contribution in [0.15, 0.2) is 42.5 Å². The molecule has 1 aliphatic heterocycles. The van der Waals surface area contributed by atoms with Crippen LogP contribution in [0.2, 0.25) is 0 Å². The third-order valence-corrected chi connectivity index (χ3v) is 4.68. The number of alkyl halides is 1. The van der Waals surface area contributed by atoms with E-state index in [4.69, 9.17) is 10.00 Å². The summed E-state index contributed by atoms with van der Waals surface area (Å²) < 4.78 is 20.2. The van der Waals surface area contributed by atoms with Crippen molar-refractivity contribution in [3.8, 4) is 6.07 Å². The third kappa shape index (κ3) is 3.26. The summed E-state index contributed by atoms with van der Waals surface area (Å²) in [7, 11) is 0. The van der Waals surface area contributed by atoms with Gasteiger partial charge in [-0.05, 0) is 48.9 Å². The Labute approximate surface area is 151 Å². The molecule has 1 N–H and O–H groups in total. The molecule has 4 rings (SSSR count). The van der Waals surface area contributed by atoms with Crippen LogP contribution in [-0.4, -0.2) is 35.3 Å². The quantitative estimate of drug-likeness (QED) is 0.782. The number of nitrogens with zero attached hydrogens (tertiary/aromatic N) is 3. The highest BCUT2D eigenvalue weighted by Crippen LogP contribution is 2.25. The van der Waals surface area contributed by atoms with Crippen molar-refractivity contribution in [2.24, 2.45) is 0 Å². The van der Waals surface area contributed by atoms with Crippen LogP contribution in [0.4, 0.5) is 10.1 Å². The van der Waals surface area contributed by atoms with Crippen LogP contribution < -0.4 is 4.90 Å². The van der Waals surface area contributed by atoms with Crippen LogP contribution in [0.3, 0.4) is 0 Å². The van der Waals surface area contributed by atoms with E-state index in [1.807, 2.05) is 42.2 Å². The van der Waals surface area contributed by atoms with Gasteiger partial charge >= 0.3 is 0 Å². The normalized spacial score (nSPS) is 19.8. The number of anilines is 1. The second-order valence-electron chi connectivity index (χ2n) is 6.63. The Hall–Kier alpha value is -2.91. The molecule has 26 heavy (non-hydrogen) atoms. The number of imidazole rings is 1. The SMILES string of the molecule is Cc1ccc2nc(CO[C@H]3CN(c4ccc(C#N)cc4)C[C@H]3F)[nH]c2c1. The summed E-state index contributed by atoms with van der Waals surface area (Å²) in [6.45, 7) is 3.04. The third-order valence-electron chi connectivity index (χ3n) is 4.68. The highest BCUT2D eigenvalue weighted by molar-refractivity contribution is 5.75. The van der Waals surface area contributed by atoms with E-state index in [9.17, 15) is 4.39 Å². The maximum atomic E-state index is 14.4. The van der Waals surface area contributed by atoms with Gasteiger partial charge in [-0.25, -0.2) is 9.37 Å². The zero-order chi connectivity index (χ0) is 18.1. The van der Waals surface area contributed by atoms with Crippen molar-refractivity contribution in [2.45, 2.75) is 25.8 Å². The summed E-state index contributed by atoms with van der Waals surface area (Å²) in [6, 6.07) is 15.3. The first-order chi connectivity index (χ1) is 12.6. The van der Waals surface area contributed by atoms with E-state index in [-0.39, 0.29) is 13.2 Å². The average Bonchev–Trinajstić information content (AvgIpc) is 3.22. The minimum absolute atomic E-state index is 0.250. The number of H-pyrrole nitrogens is 1. The van der Waals surface area contributed by atoms with Gasteiger partial charge in [0.2, 0.25) is 0 Å². The van der Waals surface area contributed by atoms with Crippen molar-refractivity contribution < 1.29 is 9.13 Å². The molecule has 0 aliphatic carbocycles. The topological polar surface area (TPSA) is 64.9 Å². The maximum Gasteiger partial charge on any atom is 0.145 e. The van der Waals surface area contributed by atoms with Crippen LogP contribution in [0, 0.1) is 18.3 Å². The zero-order valence-corrected chi connectivity index (χ0v) is 14.4. The summed E-state index contributed by atoms with van der Waals surface area (Å²) in [4.78, 5) is 9.66. The van der Waals surface area contributed by atoms with Crippen molar-refractivity contribution in [2.75, 3.05) is 18.0 Å². The van der Waals surface area contributed by atoms with Gasteiger partial charge in [0.15, 0.2) is 0 Å². The molecule has 1 aromatic heterocycles. The number of fused-ring (bicyclic) bond motifs is 1. The molecule has 0 saturated carbocycles. The Bertz CT molecular complexity index is 960. The summed E-state index contributed by atoms with van der Waals surface area (Å²) >= 11 is 0. The number of aromatic nitrogens is 2. The summed E-state index contributed by atoms with van der Waals surface area (Å²) in [6.07, 6.45) is -1.56. The van der Waals surface area contributed by atoms with Gasteiger partial charge in [0, 0.05) is 12.2 Å². The molecule has 0 unspecified atom stereocenters. The average molecular weight is 350 g/mol.